The Balaban J connectivity index is 2.34. The third-order valence-corrected chi connectivity index (χ3v) is 6.38. The molecule has 0 radical (unpaired) electrons. The van der Waals surface area contributed by atoms with Crippen molar-refractivity contribution in [2.75, 3.05) is 14.2 Å². The van der Waals surface area contributed by atoms with Gasteiger partial charge in [-0.25, -0.2) is 12.4 Å². The molecule has 0 N–H and O–H groups in total. The first-order chi connectivity index (χ1) is 11.0. The van der Waals surface area contributed by atoms with E-state index in [1.165, 1.54) is 11.1 Å². The Hall–Kier alpha value is -1.74. The normalized spacial score (nSPS) is 11.6. The molecule has 2 aromatic carbocycles. The van der Waals surface area contributed by atoms with Crippen LogP contribution in [0.15, 0.2) is 53.4 Å². The zero-order valence-corrected chi connectivity index (χ0v) is 15.5. The zero-order chi connectivity index (χ0) is 16.6. The molecule has 0 bridgehead atoms. The van der Waals surface area contributed by atoms with Crippen LogP contribution in [-0.2, 0) is 10.0 Å². The fraction of sp³-hybridized carbons (Fsp3) is 0.125. The van der Waals surface area contributed by atoms with E-state index in [0.717, 1.165) is 0 Å². The van der Waals surface area contributed by atoms with Crippen molar-refractivity contribution in [2.45, 2.75) is 4.90 Å². The van der Waals surface area contributed by atoms with Gasteiger partial charge < -0.3 is 9.47 Å². The molecular weight excluding hydrogens is 429 g/mol. The number of hydrogen-bond acceptors (Lipinski definition) is 4. The third kappa shape index (κ3) is 2.57. The maximum Gasteiger partial charge on any atom is 0.269 e. The van der Waals surface area contributed by atoms with Crippen LogP contribution in [-0.4, -0.2) is 26.6 Å². The average Bonchev–Trinajstić information content (AvgIpc) is 2.91. The molecule has 5 nitrogen and oxygen atoms in total. The first kappa shape index (κ1) is 16.1. The van der Waals surface area contributed by atoms with Gasteiger partial charge in [0, 0.05) is 5.39 Å². The van der Waals surface area contributed by atoms with Gasteiger partial charge in [0.25, 0.3) is 10.0 Å². The molecule has 7 heteroatoms. The monoisotopic (exact) mass is 443 g/mol. The van der Waals surface area contributed by atoms with E-state index in [9.17, 15) is 8.42 Å². The molecule has 0 spiro atoms. The standard InChI is InChI=1S/C16H14INO4S/c1-21-14-9-8-13-12(16(14)22-2)10-15(17)18(13)23(19,20)11-6-4-3-5-7-11/h3-10H,1-2H3. The minimum Gasteiger partial charge on any atom is -0.493 e. The zero-order valence-electron chi connectivity index (χ0n) is 12.5. The number of fused-ring (bicyclic) bond motifs is 1. The number of nitrogens with zero attached hydrogens (tertiary/aromatic N) is 1. The lowest BCUT2D eigenvalue weighted by molar-refractivity contribution is 0.358. The quantitative estimate of drug-likeness (QED) is 0.580. The second-order valence-electron chi connectivity index (χ2n) is 4.78. The highest BCUT2D eigenvalue weighted by Gasteiger charge is 2.24. The van der Waals surface area contributed by atoms with Crippen LogP contribution in [0.2, 0.25) is 0 Å². The van der Waals surface area contributed by atoms with Crippen LogP contribution in [0, 0.1) is 3.70 Å². The first-order valence-electron chi connectivity index (χ1n) is 6.73. The number of rotatable bonds is 4. The van der Waals surface area contributed by atoms with Crippen LogP contribution < -0.4 is 9.47 Å². The molecule has 0 aliphatic heterocycles. The summed E-state index contributed by atoms with van der Waals surface area (Å²) in [5.74, 6) is 1.08. The Morgan fingerprint density at radius 1 is 1.00 bits per heavy atom. The van der Waals surface area contributed by atoms with Crippen molar-refractivity contribution in [3.05, 3.63) is 52.2 Å². The molecule has 0 saturated heterocycles. The van der Waals surface area contributed by atoms with Gasteiger partial charge in [-0.3, -0.25) is 0 Å². The number of hydrogen-bond donors (Lipinski definition) is 0. The minimum absolute atomic E-state index is 0.241. The molecule has 1 heterocycles. The molecule has 0 unspecified atom stereocenters. The van der Waals surface area contributed by atoms with Gasteiger partial charge in [0.2, 0.25) is 0 Å². The van der Waals surface area contributed by atoms with Gasteiger partial charge in [0.05, 0.1) is 28.3 Å². The molecule has 0 saturated carbocycles. The van der Waals surface area contributed by atoms with Crippen molar-refractivity contribution in [3.8, 4) is 11.5 Å². The molecule has 0 aliphatic carbocycles. The second-order valence-corrected chi connectivity index (χ2v) is 7.68. The molecule has 0 fully saturated rings. The van der Waals surface area contributed by atoms with E-state index in [4.69, 9.17) is 9.47 Å². The number of halogens is 1. The summed E-state index contributed by atoms with van der Waals surface area (Å²) in [6, 6.07) is 13.6. The van der Waals surface area contributed by atoms with Gasteiger partial charge >= 0.3 is 0 Å². The van der Waals surface area contributed by atoms with Crippen LogP contribution in [0.1, 0.15) is 0 Å². The summed E-state index contributed by atoms with van der Waals surface area (Å²) >= 11 is 2.01. The highest BCUT2D eigenvalue weighted by atomic mass is 127. The van der Waals surface area contributed by atoms with E-state index in [2.05, 4.69) is 0 Å². The Morgan fingerprint density at radius 3 is 2.30 bits per heavy atom. The summed E-state index contributed by atoms with van der Waals surface area (Å²) in [5, 5.41) is 0.691. The lowest BCUT2D eigenvalue weighted by atomic mass is 10.2. The number of methoxy groups -OCH3 is 2. The maximum absolute atomic E-state index is 13.0. The van der Waals surface area contributed by atoms with Gasteiger partial charge in [-0.2, -0.15) is 0 Å². The molecule has 3 rings (SSSR count). The number of benzene rings is 2. The van der Waals surface area contributed by atoms with Crippen LogP contribution >= 0.6 is 22.6 Å². The number of aromatic nitrogens is 1. The van der Waals surface area contributed by atoms with Crippen molar-refractivity contribution >= 4 is 43.5 Å². The summed E-state index contributed by atoms with van der Waals surface area (Å²) in [6.45, 7) is 0. The van der Waals surface area contributed by atoms with E-state index in [1.807, 2.05) is 22.6 Å². The van der Waals surface area contributed by atoms with Gasteiger partial charge in [-0.05, 0) is 52.9 Å². The fourth-order valence-electron chi connectivity index (χ4n) is 2.49. The van der Waals surface area contributed by atoms with Gasteiger partial charge in [0.1, 0.15) is 0 Å². The molecule has 0 atom stereocenters. The van der Waals surface area contributed by atoms with Gasteiger partial charge in [-0.15, -0.1) is 0 Å². The largest absolute Gasteiger partial charge is 0.493 e. The van der Waals surface area contributed by atoms with Gasteiger partial charge in [0.15, 0.2) is 11.5 Å². The van der Waals surface area contributed by atoms with Crippen molar-refractivity contribution in [2.24, 2.45) is 0 Å². The highest BCUT2D eigenvalue weighted by molar-refractivity contribution is 14.1. The minimum atomic E-state index is -3.68. The van der Waals surface area contributed by atoms with Crippen LogP contribution in [0.3, 0.4) is 0 Å². The summed E-state index contributed by atoms with van der Waals surface area (Å²) < 4.78 is 38.5. The van der Waals surface area contributed by atoms with E-state index in [1.54, 1.807) is 55.6 Å². The van der Waals surface area contributed by atoms with Crippen molar-refractivity contribution in [3.63, 3.8) is 0 Å². The highest BCUT2D eigenvalue weighted by Crippen LogP contribution is 2.38. The van der Waals surface area contributed by atoms with E-state index in [-0.39, 0.29) is 4.90 Å². The summed E-state index contributed by atoms with van der Waals surface area (Å²) in [5.41, 5.74) is 0.552. The van der Waals surface area contributed by atoms with Crippen LogP contribution in [0.4, 0.5) is 0 Å². The number of ether oxygens (including phenoxy) is 2. The van der Waals surface area contributed by atoms with Crippen molar-refractivity contribution < 1.29 is 17.9 Å². The van der Waals surface area contributed by atoms with E-state index < -0.39 is 10.0 Å². The molecule has 1 aromatic heterocycles. The van der Waals surface area contributed by atoms with Crippen LogP contribution in [0.5, 0.6) is 11.5 Å². The Labute approximate surface area is 148 Å². The SMILES string of the molecule is COc1ccc2c(cc(I)n2S(=O)(=O)c2ccccc2)c1OC. The van der Waals surface area contributed by atoms with Crippen molar-refractivity contribution in [1.82, 2.24) is 3.97 Å². The summed E-state index contributed by atoms with van der Waals surface area (Å²) in [7, 11) is -0.602. The van der Waals surface area contributed by atoms with E-state index in [0.29, 0.717) is 26.1 Å². The van der Waals surface area contributed by atoms with Crippen LogP contribution in [0.25, 0.3) is 10.9 Å². The topological polar surface area (TPSA) is 57.5 Å². The summed E-state index contributed by atoms with van der Waals surface area (Å²) in [6.07, 6.45) is 0. The molecule has 120 valence electrons. The Morgan fingerprint density at radius 2 is 1.70 bits per heavy atom. The predicted octanol–water partition coefficient (Wildman–Crippen LogP) is 3.50. The average molecular weight is 443 g/mol. The maximum atomic E-state index is 13.0. The summed E-state index contributed by atoms with van der Waals surface area (Å²) in [4.78, 5) is 0.241. The predicted molar refractivity (Wildman–Crippen MR) is 96.8 cm³/mol. The molecule has 23 heavy (non-hydrogen) atoms. The van der Waals surface area contributed by atoms with E-state index >= 15 is 0 Å². The molecular formula is C16H14INO4S. The smallest absolute Gasteiger partial charge is 0.269 e. The Kier molecular flexibility index (Phi) is 4.24. The molecule has 0 aliphatic rings. The molecule has 0 amide bonds. The lowest BCUT2D eigenvalue weighted by Crippen LogP contribution is -2.14. The second kappa shape index (κ2) is 6.04. The lowest BCUT2D eigenvalue weighted by Gasteiger charge is -2.11. The third-order valence-electron chi connectivity index (χ3n) is 3.52. The molecule has 3 aromatic rings. The Bertz CT molecular complexity index is 965. The van der Waals surface area contributed by atoms with Gasteiger partial charge in [-0.1, -0.05) is 18.2 Å². The van der Waals surface area contributed by atoms with Crippen molar-refractivity contribution in [1.29, 1.82) is 0 Å². The first-order valence-corrected chi connectivity index (χ1v) is 9.25. The fourth-order valence-corrected chi connectivity index (χ4v) is 5.25.